The topological polar surface area (TPSA) is 20.2 Å². The van der Waals surface area contributed by atoms with Gasteiger partial charge in [0, 0.05) is 10.6 Å². The first-order valence-corrected chi connectivity index (χ1v) is 5.76. The Morgan fingerprint density at radius 2 is 1.61 bits per heavy atom. The van der Waals surface area contributed by atoms with E-state index in [0.29, 0.717) is 11.1 Å². The minimum Gasteiger partial charge on any atom is -0.384 e. The van der Waals surface area contributed by atoms with E-state index in [9.17, 15) is 13.9 Å². The number of hydrogen-bond acceptors (Lipinski definition) is 1. The molecule has 0 saturated heterocycles. The summed E-state index contributed by atoms with van der Waals surface area (Å²) in [5, 5.41) is 10.5. The van der Waals surface area contributed by atoms with Crippen LogP contribution >= 0.6 is 11.6 Å². The SMILES string of the molecule is Cc1cc(F)ccc1C(O)c1cc(F)ccc1Cl. The molecule has 0 bridgehead atoms. The number of hydrogen-bond donors (Lipinski definition) is 1. The molecule has 4 heteroatoms. The van der Waals surface area contributed by atoms with Crippen LogP contribution in [0, 0.1) is 18.6 Å². The maximum Gasteiger partial charge on any atom is 0.123 e. The first-order valence-electron chi connectivity index (χ1n) is 5.38. The Hall–Kier alpha value is -1.45. The summed E-state index contributed by atoms with van der Waals surface area (Å²) in [6.45, 7) is 1.68. The lowest BCUT2D eigenvalue weighted by Crippen LogP contribution is -2.03. The van der Waals surface area contributed by atoms with Crippen LogP contribution in [0.15, 0.2) is 36.4 Å². The fraction of sp³-hybridized carbons (Fsp3) is 0.143. The average molecular weight is 269 g/mol. The van der Waals surface area contributed by atoms with Crippen molar-refractivity contribution in [3.8, 4) is 0 Å². The molecule has 2 aromatic carbocycles. The number of aliphatic hydroxyl groups excluding tert-OH is 1. The van der Waals surface area contributed by atoms with Gasteiger partial charge in [-0.15, -0.1) is 0 Å². The summed E-state index contributed by atoms with van der Waals surface area (Å²) in [5.74, 6) is -0.859. The highest BCUT2D eigenvalue weighted by atomic mass is 35.5. The van der Waals surface area contributed by atoms with E-state index in [2.05, 4.69) is 0 Å². The number of benzene rings is 2. The standard InChI is InChI=1S/C14H11ClF2O/c1-8-6-9(16)2-4-11(8)14(18)12-7-10(17)3-5-13(12)15/h2-7,14,18H,1H3. The van der Waals surface area contributed by atoms with E-state index in [4.69, 9.17) is 11.6 Å². The van der Waals surface area contributed by atoms with Gasteiger partial charge in [0.15, 0.2) is 0 Å². The van der Waals surface area contributed by atoms with Crippen molar-refractivity contribution < 1.29 is 13.9 Å². The molecule has 2 aromatic rings. The van der Waals surface area contributed by atoms with Crippen LogP contribution in [0.3, 0.4) is 0 Å². The predicted octanol–water partition coefficient (Wildman–Crippen LogP) is 4.01. The zero-order chi connectivity index (χ0) is 13.3. The smallest absolute Gasteiger partial charge is 0.123 e. The highest BCUT2D eigenvalue weighted by Gasteiger charge is 2.17. The summed E-state index contributed by atoms with van der Waals surface area (Å²) in [5.41, 5.74) is 1.36. The van der Waals surface area contributed by atoms with Crippen LogP contribution in [0.4, 0.5) is 8.78 Å². The van der Waals surface area contributed by atoms with Gasteiger partial charge in [0.2, 0.25) is 0 Å². The molecule has 0 aliphatic rings. The first kappa shape index (κ1) is 13.0. The van der Waals surface area contributed by atoms with Crippen molar-refractivity contribution in [2.45, 2.75) is 13.0 Å². The summed E-state index contributed by atoms with van der Waals surface area (Å²) >= 11 is 5.92. The van der Waals surface area contributed by atoms with E-state index in [1.165, 1.54) is 36.4 Å². The van der Waals surface area contributed by atoms with Crippen molar-refractivity contribution in [3.63, 3.8) is 0 Å². The molecule has 1 N–H and O–H groups in total. The minimum atomic E-state index is -1.08. The van der Waals surface area contributed by atoms with Crippen molar-refractivity contribution in [2.75, 3.05) is 0 Å². The molecule has 2 rings (SSSR count). The van der Waals surface area contributed by atoms with Crippen molar-refractivity contribution in [1.29, 1.82) is 0 Å². The van der Waals surface area contributed by atoms with E-state index < -0.39 is 11.9 Å². The Kier molecular flexibility index (Phi) is 3.64. The fourth-order valence-electron chi connectivity index (χ4n) is 1.84. The van der Waals surface area contributed by atoms with Gasteiger partial charge >= 0.3 is 0 Å². The lowest BCUT2D eigenvalue weighted by molar-refractivity contribution is 0.219. The van der Waals surface area contributed by atoms with Gasteiger partial charge in [-0.3, -0.25) is 0 Å². The maximum atomic E-state index is 13.2. The van der Waals surface area contributed by atoms with Crippen LogP contribution in [-0.4, -0.2) is 5.11 Å². The average Bonchev–Trinajstić information content (AvgIpc) is 2.31. The van der Waals surface area contributed by atoms with Gasteiger partial charge in [-0.25, -0.2) is 8.78 Å². The number of aliphatic hydroxyl groups is 1. The fourth-order valence-corrected chi connectivity index (χ4v) is 2.06. The quantitative estimate of drug-likeness (QED) is 0.873. The lowest BCUT2D eigenvalue weighted by atomic mass is 9.97. The Balaban J connectivity index is 2.47. The van der Waals surface area contributed by atoms with E-state index in [-0.39, 0.29) is 16.4 Å². The number of aryl methyl sites for hydroxylation is 1. The van der Waals surface area contributed by atoms with Gasteiger partial charge in [-0.1, -0.05) is 17.7 Å². The second-order valence-corrected chi connectivity index (χ2v) is 4.48. The highest BCUT2D eigenvalue weighted by Crippen LogP contribution is 2.30. The van der Waals surface area contributed by atoms with Crippen molar-refractivity contribution in [2.24, 2.45) is 0 Å². The first-order chi connectivity index (χ1) is 8.49. The van der Waals surface area contributed by atoms with Gasteiger partial charge in [0.05, 0.1) is 0 Å². The monoisotopic (exact) mass is 268 g/mol. The summed E-state index contributed by atoms with van der Waals surface area (Å²) in [4.78, 5) is 0. The zero-order valence-electron chi connectivity index (χ0n) is 9.62. The van der Waals surface area contributed by atoms with Gasteiger partial charge in [0.25, 0.3) is 0 Å². The molecule has 1 nitrogen and oxygen atoms in total. The Morgan fingerprint density at radius 1 is 1.00 bits per heavy atom. The second-order valence-electron chi connectivity index (χ2n) is 4.07. The molecule has 1 unspecified atom stereocenters. The molecule has 0 radical (unpaired) electrons. The summed E-state index contributed by atoms with van der Waals surface area (Å²) in [7, 11) is 0. The largest absolute Gasteiger partial charge is 0.384 e. The van der Waals surface area contributed by atoms with E-state index in [1.54, 1.807) is 6.92 Å². The molecule has 94 valence electrons. The minimum absolute atomic E-state index is 0.270. The molecule has 0 aromatic heterocycles. The summed E-state index contributed by atoms with van der Waals surface area (Å²) in [6.07, 6.45) is -1.08. The number of halogens is 3. The summed E-state index contributed by atoms with van der Waals surface area (Å²) < 4.78 is 26.1. The molecule has 0 amide bonds. The molecule has 0 spiro atoms. The molecule has 0 heterocycles. The molecule has 18 heavy (non-hydrogen) atoms. The van der Waals surface area contributed by atoms with Gasteiger partial charge in [0.1, 0.15) is 17.7 Å². The lowest BCUT2D eigenvalue weighted by Gasteiger charge is -2.15. The number of rotatable bonds is 2. The molecular weight excluding hydrogens is 258 g/mol. The van der Waals surface area contributed by atoms with E-state index >= 15 is 0 Å². The molecule has 0 aliphatic carbocycles. The van der Waals surface area contributed by atoms with Gasteiger partial charge < -0.3 is 5.11 Å². The van der Waals surface area contributed by atoms with Crippen LogP contribution in [0.2, 0.25) is 5.02 Å². The van der Waals surface area contributed by atoms with Gasteiger partial charge in [-0.2, -0.15) is 0 Å². The Labute approximate surface area is 109 Å². The third kappa shape index (κ3) is 2.52. The van der Waals surface area contributed by atoms with Crippen molar-refractivity contribution in [3.05, 3.63) is 69.7 Å². The Bertz CT molecular complexity index is 584. The van der Waals surface area contributed by atoms with Crippen LogP contribution in [0.25, 0.3) is 0 Å². The zero-order valence-corrected chi connectivity index (χ0v) is 10.4. The van der Waals surface area contributed by atoms with Crippen LogP contribution in [0.5, 0.6) is 0 Å². The third-order valence-corrected chi connectivity index (χ3v) is 3.12. The molecule has 0 saturated carbocycles. The third-order valence-electron chi connectivity index (χ3n) is 2.78. The van der Waals surface area contributed by atoms with Crippen LogP contribution in [0.1, 0.15) is 22.8 Å². The van der Waals surface area contributed by atoms with Crippen molar-refractivity contribution in [1.82, 2.24) is 0 Å². The maximum absolute atomic E-state index is 13.2. The predicted molar refractivity (Wildman–Crippen MR) is 66.6 cm³/mol. The molecule has 1 atom stereocenters. The molecule has 0 aliphatic heterocycles. The normalized spacial score (nSPS) is 12.5. The molecule has 0 fully saturated rings. The molecular formula is C14H11ClF2O. The Morgan fingerprint density at radius 3 is 2.28 bits per heavy atom. The van der Waals surface area contributed by atoms with Crippen molar-refractivity contribution >= 4 is 11.6 Å². The summed E-state index contributed by atoms with van der Waals surface area (Å²) in [6, 6.07) is 7.81. The van der Waals surface area contributed by atoms with E-state index in [1.807, 2.05) is 0 Å². The van der Waals surface area contributed by atoms with Gasteiger partial charge in [-0.05, 0) is 48.4 Å². The second kappa shape index (κ2) is 5.04. The highest BCUT2D eigenvalue weighted by molar-refractivity contribution is 6.31. The van der Waals surface area contributed by atoms with Crippen LogP contribution in [-0.2, 0) is 0 Å². The van der Waals surface area contributed by atoms with Crippen LogP contribution < -0.4 is 0 Å². The van der Waals surface area contributed by atoms with E-state index in [0.717, 1.165) is 0 Å².